The monoisotopic (exact) mass is 249 g/mol. The summed E-state index contributed by atoms with van der Waals surface area (Å²) in [5.41, 5.74) is 7.43. The molecular weight excluding hydrogens is 222 g/mol. The van der Waals surface area contributed by atoms with E-state index in [2.05, 4.69) is 23.4 Å². The summed E-state index contributed by atoms with van der Waals surface area (Å²) in [6.45, 7) is 5.42. The molecule has 3 nitrogen and oxygen atoms in total. The molecule has 3 heteroatoms. The van der Waals surface area contributed by atoms with Crippen molar-refractivity contribution in [2.75, 3.05) is 0 Å². The van der Waals surface area contributed by atoms with Gasteiger partial charge in [0.15, 0.2) is 0 Å². The van der Waals surface area contributed by atoms with Crippen molar-refractivity contribution in [3.05, 3.63) is 18.2 Å². The highest BCUT2D eigenvalue weighted by atomic mass is 15.1. The van der Waals surface area contributed by atoms with E-state index in [0.29, 0.717) is 5.92 Å². The van der Waals surface area contributed by atoms with Crippen LogP contribution in [0.4, 0.5) is 0 Å². The molecule has 1 aliphatic rings. The molecule has 1 aliphatic carbocycles. The second-order valence-electron chi connectivity index (χ2n) is 6.07. The molecule has 0 saturated heterocycles. The fraction of sp³-hybridized carbons (Fsp3) is 0.800. The molecular formula is C15H27N3. The molecule has 1 aromatic heterocycles. The van der Waals surface area contributed by atoms with Crippen molar-refractivity contribution in [1.82, 2.24) is 9.55 Å². The van der Waals surface area contributed by atoms with E-state index in [0.717, 1.165) is 12.5 Å². The third-order valence-corrected chi connectivity index (χ3v) is 4.31. The van der Waals surface area contributed by atoms with Crippen LogP contribution in [0, 0.1) is 11.8 Å². The normalized spacial score (nSPS) is 19.3. The smallest absolute Gasteiger partial charge is 0.0948 e. The van der Waals surface area contributed by atoms with E-state index in [4.69, 9.17) is 5.73 Å². The third kappa shape index (κ3) is 3.35. The van der Waals surface area contributed by atoms with E-state index in [-0.39, 0.29) is 6.04 Å². The molecule has 0 spiro atoms. The highest BCUT2D eigenvalue weighted by molar-refractivity contribution is 5.05. The first-order chi connectivity index (χ1) is 8.68. The van der Waals surface area contributed by atoms with Crippen LogP contribution in [0.15, 0.2) is 12.5 Å². The maximum Gasteiger partial charge on any atom is 0.0948 e. The number of nitrogens with two attached hydrogens (primary N) is 1. The van der Waals surface area contributed by atoms with Gasteiger partial charge in [0.2, 0.25) is 0 Å². The summed E-state index contributed by atoms with van der Waals surface area (Å²) in [5, 5.41) is 0. The van der Waals surface area contributed by atoms with Crippen LogP contribution in [-0.4, -0.2) is 9.55 Å². The molecule has 18 heavy (non-hydrogen) atoms. The van der Waals surface area contributed by atoms with Crippen molar-refractivity contribution < 1.29 is 0 Å². The van der Waals surface area contributed by atoms with E-state index in [1.54, 1.807) is 0 Å². The van der Waals surface area contributed by atoms with Gasteiger partial charge in [0.1, 0.15) is 0 Å². The Labute approximate surface area is 111 Å². The Balaban J connectivity index is 1.91. The van der Waals surface area contributed by atoms with Gasteiger partial charge in [-0.2, -0.15) is 0 Å². The lowest BCUT2D eigenvalue weighted by Crippen LogP contribution is -2.21. The minimum absolute atomic E-state index is 0.110. The van der Waals surface area contributed by atoms with Gasteiger partial charge >= 0.3 is 0 Å². The summed E-state index contributed by atoms with van der Waals surface area (Å²) in [6.07, 6.45) is 12.3. The molecule has 1 fully saturated rings. The summed E-state index contributed by atoms with van der Waals surface area (Å²) in [5.74, 6) is 1.39. The van der Waals surface area contributed by atoms with Crippen molar-refractivity contribution in [2.24, 2.45) is 17.6 Å². The average Bonchev–Trinajstić information content (AvgIpc) is 2.84. The van der Waals surface area contributed by atoms with E-state index >= 15 is 0 Å². The molecule has 0 aliphatic heterocycles. The van der Waals surface area contributed by atoms with Crippen LogP contribution in [0.2, 0.25) is 0 Å². The van der Waals surface area contributed by atoms with Crippen molar-refractivity contribution in [2.45, 2.75) is 65.0 Å². The van der Waals surface area contributed by atoms with Crippen LogP contribution in [0.1, 0.15) is 64.1 Å². The van der Waals surface area contributed by atoms with Crippen molar-refractivity contribution in [3.63, 3.8) is 0 Å². The summed E-state index contributed by atoms with van der Waals surface area (Å²) in [4.78, 5) is 4.27. The summed E-state index contributed by atoms with van der Waals surface area (Å²) >= 11 is 0. The largest absolute Gasteiger partial charge is 0.333 e. The average molecular weight is 249 g/mol. The van der Waals surface area contributed by atoms with E-state index < -0.39 is 0 Å². The second kappa shape index (κ2) is 6.37. The van der Waals surface area contributed by atoms with Gasteiger partial charge in [-0.15, -0.1) is 0 Å². The number of hydrogen-bond acceptors (Lipinski definition) is 2. The number of rotatable bonds is 5. The van der Waals surface area contributed by atoms with Gasteiger partial charge in [-0.25, -0.2) is 4.98 Å². The van der Waals surface area contributed by atoms with Gasteiger partial charge < -0.3 is 10.3 Å². The predicted molar refractivity (Wildman–Crippen MR) is 75.2 cm³/mol. The highest BCUT2D eigenvalue weighted by Gasteiger charge is 2.17. The molecule has 2 rings (SSSR count). The van der Waals surface area contributed by atoms with Gasteiger partial charge in [-0.3, -0.25) is 0 Å². The topological polar surface area (TPSA) is 43.8 Å². The molecule has 1 saturated carbocycles. The zero-order valence-electron chi connectivity index (χ0n) is 11.8. The molecule has 0 amide bonds. The van der Waals surface area contributed by atoms with Gasteiger partial charge in [0.05, 0.1) is 12.0 Å². The fourth-order valence-electron chi connectivity index (χ4n) is 2.93. The fourth-order valence-corrected chi connectivity index (χ4v) is 2.93. The molecule has 1 unspecified atom stereocenters. The Morgan fingerprint density at radius 2 is 2.06 bits per heavy atom. The zero-order valence-corrected chi connectivity index (χ0v) is 11.8. The van der Waals surface area contributed by atoms with Crippen LogP contribution in [-0.2, 0) is 6.54 Å². The molecule has 0 bridgehead atoms. The highest BCUT2D eigenvalue weighted by Crippen LogP contribution is 2.27. The minimum atomic E-state index is 0.110. The molecule has 2 N–H and O–H groups in total. The first-order valence-corrected chi connectivity index (χ1v) is 7.44. The van der Waals surface area contributed by atoms with E-state index in [1.807, 2.05) is 12.5 Å². The summed E-state index contributed by atoms with van der Waals surface area (Å²) < 4.78 is 2.26. The van der Waals surface area contributed by atoms with Crippen LogP contribution in [0.5, 0.6) is 0 Å². The lowest BCUT2D eigenvalue weighted by molar-refractivity contribution is 0.320. The Morgan fingerprint density at radius 1 is 1.33 bits per heavy atom. The molecule has 1 heterocycles. The zero-order chi connectivity index (χ0) is 13.0. The lowest BCUT2D eigenvalue weighted by atomic mass is 9.87. The predicted octanol–water partition coefficient (Wildman–Crippen LogP) is 3.51. The molecule has 102 valence electrons. The Kier molecular flexibility index (Phi) is 4.81. The van der Waals surface area contributed by atoms with E-state index in [9.17, 15) is 0 Å². The van der Waals surface area contributed by atoms with Crippen molar-refractivity contribution in [3.8, 4) is 0 Å². The molecule has 1 aromatic rings. The number of aromatic nitrogens is 2. The van der Waals surface area contributed by atoms with E-state index in [1.165, 1.54) is 44.2 Å². The van der Waals surface area contributed by atoms with Crippen LogP contribution < -0.4 is 5.73 Å². The third-order valence-electron chi connectivity index (χ3n) is 4.31. The SMILES string of the molecule is CC(C)C(N)c1cncn1CCC1CCCCC1. The van der Waals surface area contributed by atoms with Crippen LogP contribution in [0.25, 0.3) is 0 Å². The Bertz CT molecular complexity index is 350. The van der Waals surface area contributed by atoms with Gasteiger partial charge in [0.25, 0.3) is 0 Å². The van der Waals surface area contributed by atoms with Crippen molar-refractivity contribution >= 4 is 0 Å². The maximum absolute atomic E-state index is 6.23. The van der Waals surface area contributed by atoms with Gasteiger partial charge in [-0.05, 0) is 18.3 Å². The van der Waals surface area contributed by atoms with Gasteiger partial charge in [-0.1, -0.05) is 46.0 Å². The lowest BCUT2D eigenvalue weighted by Gasteiger charge is -2.23. The first kappa shape index (κ1) is 13.6. The standard InChI is InChI=1S/C15H27N3/c1-12(2)15(16)14-10-17-11-18(14)9-8-13-6-4-3-5-7-13/h10-13,15H,3-9,16H2,1-2H3. The summed E-state index contributed by atoms with van der Waals surface area (Å²) in [7, 11) is 0. The number of hydrogen-bond donors (Lipinski definition) is 1. The number of imidazole rings is 1. The Morgan fingerprint density at radius 3 is 2.72 bits per heavy atom. The van der Waals surface area contributed by atoms with Crippen molar-refractivity contribution in [1.29, 1.82) is 0 Å². The van der Waals surface area contributed by atoms with Crippen LogP contribution >= 0.6 is 0 Å². The number of aryl methyl sites for hydroxylation is 1. The van der Waals surface area contributed by atoms with Gasteiger partial charge in [0, 0.05) is 18.8 Å². The second-order valence-corrected chi connectivity index (χ2v) is 6.07. The number of nitrogens with zero attached hydrogens (tertiary/aromatic N) is 2. The maximum atomic E-state index is 6.23. The quantitative estimate of drug-likeness (QED) is 0.868. The first-order valence-electron chi connectivity index (χ1n) is 7.44. The summed E-state index contributed by atoms with van der Waals surface area (Å²) in [6, 6.07) is 0.110. The molecule has 0 aromatic carbocycles. The minimum Gasteiger partial charge on any atom is -0.333 e. The van der Waals surface area contributed by atoms with Crippen LogP contribution in [0.3, 0.4) is 0 Å². The molecule has 1 atom stereocenters. The molecule has 0 radical (unpaired) electrons. The Hall–Kier alpha value is -0.830.